The summed E-state index contributed by atoms with van der Waals surface area (Å²) in [6.07, 6.45) is 3.63. The van der Waals surface area contributed by atoms with E-state index in [4.69, 9.17) is 0 Å². The van der Waals surface area contributed by atoms with Gasteiger partial charge in [-0.3, -0.25) is 4.99 Å². The zero-order valence-corrected chi connectivity index (χ0v) is 15.3. The summed E-state index contributed by atoms with van der Waals surface area (Å²) in [5.41, 5.74) is 0. The van der Waals surface area contributed by atoms with Gasteiger partial charge in [0.2, 0.25) is 0 Å². The maximum atomic E-state index is 11.2. The Balaban J connectivity index is 1.88. The standard InChI is InChI=1S/C16H27N5O2S/c1-3-17-16(19-9-6-14-24(2,22)23)21-12-10-20(11-13-21)15-7-4-5-8-18-15/h4-5,7-8H,3,6,9-14H2,1-2H3,(H,17,19). The summed E-state index contributed by atoms with van der Waals surface area (Å²) in [7, 11) is -2.91. The average molecular weight is 353 g/mol. The molecule has 0 bridgehead atoms. The maximum Gasteiger partial charge on any atom is 0.194 e. The SMILES string of the molecule is CCNC(=NCCCS(C)(=O)=O)N1CCN(c2ccccn2)CC1. The number of anilines is 1. The lowest BCUT2D eigenvalue weighted by molar-refractivity contribution is 0.371. The van der Waals surface area contributed by atoms with Gasteiger partial charge in [0.25, 0.3) is 0 Å². The second-order valence-electron chi connectivity index (χ2n) is 5.88. The van der Waals surface area contributed by atoms with E-state index in [1.165, 1.54) is 6.26 Å². The van der Waals surface area contributed by atoms with Crippen molar-refractivity contribution in [3.63, 3.8) is 0 Å². The van der Waals surface area contributed by atoms with Crippen molar-refractivity contribution in [3.05, 3.63) is 24.4 Å². The van der Waals surface area contributed by atoms with Crippen LogP contribution in [-0.4, -0.2) is 75.5 Å². The largest absolute Gasteiger partial charge is 0.357 e. The molecular formula is C16H27N5O2S. The highest BCUT2D eigenvalue weighted by Gasteiger charge is 2.20. The first-order chi connectivity index (χ1) is 11.5. The predicted octanol–water partition coefficient (Wildman–Crippen LogP) is 0.604. The van der Waals surface area contributed by atoms with Gasteiger partial charge in [0.1, 0.15) is 15.7 Å². The number of guanidine groups is 1. The van der Waals surface area contributed by atoms with Gasteiger partial charge in [-0.15, -0.1) is 0 Å². The summed E-state index contributed by atoms with van der Waals surface area (Å²) in [4.78, 5) is 13.5. The molecule has 0 radical (unpaired) electrons. The minimum atomic E-state index is -2.91. The fraction of sp³-hybridized carbons (Fsp3) is 0.625. The lowest BCUT2D eigenvalue weighted by Crippen LogP contribution is -2.52. The van der Waals surface area contributed by atoms with Gasteiger partial charge < -0.3 is 15.1 Å². The summed E-state index contributed by atoms with van der Waals surface area (Å²) in [5, 5.41) is 3.30. The second kappa shape index (κ2) is 8.86. The van der Waals surface area contributed by atoms with Gasteiger partial charge in [0.05, 0.1) is 5.75 Å². The van der Waals surface area contributed by atoms with Crippen molar-refractivity contribution in [2.24, 2.45) is 4.99 Å². The Morgan fingerprint density at radius 1 is 1.29 bits per heavy atom. The van der Waals surface area contributed by atoms with Crippen molar-refractivity contribution in [2.45, 2.75) is 13.3 Å². The molecule has 0 aromatic carbocycles. The molecule has 1 aliphatic rings. The topological polar surface area (TPSA) is 77.9 Å². The maximum absolute atomic E-state index is 11.2. The van der Waals surface area contributed by atoms with E-state index in [2.05, 4.69) is 25.1 Å². The number of hydrogen-bond donors (Lipinski definition) is 1. The minimum Gasteiger partial charge on any atom is -0.357 e. The van der Waals surface area contributed by atoms with Crippen LogP contribution in [0.25, 0.3) is 0 Å². The van der Waals surface area contributed by atoms with Crippen molar-refractivity contribution >= 4 is 21.6 Å². The van der Waals surface area contributed by atoms with E-state index in [1.807, 2.05) is 31.3 Å². The summed E-state index contributed by atoms with van der Waals surface area (Å²) in [5.74, 6) is 2.06. The van der Waals surface area contributed by atoms with E-state index in [0.29, 0.717) is 13.0 Å². The van der Waals surface area contributed by atoms with Crippen molar-refractivity contribution < 1.29 is 8.42 Å². The van der Waals surface area contributed by atoms with Gasteiger partial charge >= 0.3 is 0 Å². The van der Waals surface area contributed by atoms with E-state index in [9.17, 15) is 8.42 Å². The highest BCUT2D eigenvalue weighted by atomic mass is 32.2. The van der Waals surface area contributed by atoms with Gasteiger partial charge in [0, 0.05) is 51.7 Å². The van der Waals surface area contributed by atoms with Crippen molar-refractivity contribution in [2.75, 3.05) is 56.2 Å². The number of pyridine rings is 1. The van der Waals surface area contributed by atoms with Crippen LogP contribution in [0.15, 0.2) is 29.4 Å². The van der Waals surface area contributed by atoms with Gasteiger partial charge in [0.15, 0.2) is 5.96 Å². The lowest BCUT2D eigenvalue weighted by atomic mass is 10.3. The Morgan fingerprint density at radius 3 is 2.62 bits per heavy atom. The average Bonchev–Trinajstić information content (AvgIpc) is 2.58. The molecule has 0 atom stereocenters. The van der Waals surface area contributed by atoms with Gasteiger partial charge in [-0.05, 0) is 25.5 Å². The molecule has 0 aliphatic carbocycles. The summed E-state index contributed by atoms with van der Waals surface area (Å²) < 4.78 is 22.4. The molecule has 134 valence electrons. The molecule has 24 heavy (non-hydrogen) atoms. The molecule has 1 aromatic heterocycles. The number of hydrogen-bond acceptors (Lipinski definition) is 5. The van der Waals surface area contributed by atoms with Gasteiger partial charge in [-0.1, -0.05) is 6.07 Å². The fourth-order valence-electron chi connectivity index (χ4n) is 2.63. The molecule has 1 aliphatic heterocycles. The Labute approximate surface area is 144 Å². The van der Waals surface area contributed by atoms with Crippen LogP contribution >= 0.6 is 0 Å². The smallest absolute Gasteiger partial charge is 0.194 e. The van der Waals surface area contributed by atoms with Gasteiger partial charge in [-0.2, -0.15) is 0 Å². The summed E-state index contributed by atoms with van der Waals surface area (Å²) in [6, 6.07) is 5.95. The Kier molecular flexibility index (Phi) is 6.84. The monoisotopic (exact) mass is 353 g/mol. The highest BCUT2D eigenvalue weighted by molar-refractivity contribution is 7.90. The van der Waals surface area contributed by atoms with E-state index in [0.717, 1.165) is 44.5 Å². The van der Waals surface area contributed by atoms with Crippen LogP contribution in [0.3, 0.4) is 0 Å². The molecule has 0 saturated carbocycles. The third-order valence-electron chi connectivity index (χ3n) is 3.82. The van der Waals surface area contributed by atoms with E-state index < -0.39 is 9.84 Å². The number of piperazine rings is 1. The molecule has 1 saturated heterocycles. The number of rotatable bonds is 6. The number of nitrogens with one attached hydrogen (secondary N) is 1. The first kappa shape index (κ1) is 18.5. The van der Waals surface area contributed by atoms with Gasteiger partial charge in [-0.25, -0.2) is 13.4 Å². The van der Waals surface area contributed by atoms with Crippen LogP contribution in [-0.2, 0) is 9.84 Å². The van der Waals surface area contributed by atoms with Crippen LogP contribution in [0, 0.1) is 0 Å². The molecule has 0 amide bonds. The molecule has 1 fully saturated rings. The third kappa shape index (κ3) is 5.99. The molecular weight excluding hydrogens is 326 g/mol. The first-order valence-corrected chi connectivity index (χ1v) is 10.4. The van der Waals surface area contributed by atoms with Crippen molar-refractivity contribution in [1.82, 2.24) is 15.2 Å². The lowest BCUT2D eigenvalue weighted by Gasteiger charge is -2.37. The zero-order valence-electron chi connectivity index (χ0n) is 14.5. The molecule has 2 heterocycles. The molecule has 8 heteroatoms. The van der Waals surface area contributed by atoms with E-state index >= 15 is 0 Å². The zero-order chi connectivity index (χ0) is 17.4. The summed E-state index contributed by atoms with van der Waals surface area (Å²) >= 11 is 0. The molecule has 1 N–H and O–H groups in total. The molecule has 7 nitrogen and oxygen atoms in total. The first-order valence-electron chi connectivity index (χ1n) is 8.36. The van der Waals surface area contributed by atoms with Crippen molar-refractivity contribution in [1.29, 1.82) is 0 Å². The second-order valence-corrected chi connectivity index (χ2v) is 8.14. The number of sulfone groups is 1. The fourth-order valence-corrected chi connectivity index (χ4v) is 3.28. The van der Waals surface area contributed by atoms with Crippen LogP contribution < -0.4 is 10.2 Å². The quantitative estimate of drug-likeness (QED) is 0.459. The normalized spacial score (nSPS) is 16.3. The molecule has 0 spiro atoms. The number of aliphatic imine (C=N–C) groups is 1. The van der Waals surface area contributed by atoms with Crippen LogP contribution in [0.4, 0.5) is 5.82 Å². The number of nitrogens with zero attached hydrogens (tertiary/aromatic N) is 4. The Hall–Kier alpha value is -1.83. The number of aromatic nitrogens is 1. The van der Waals surface area contributed by atoms with Crippen molar-refractivity contribution in [3.8, 4) is 0 Å². The van der Waals surface area contributed by atoms with Crippen LogP contribution in [0.2, 0.25) is 0 Å². The molecule has 2 rings (SSSR count). The Morgan fingerprint density at radius 2 is 2.04 bits per heavy atom. The van der Waals surface area contributed by atoms with E-state index in [1.54, 1.807) is 0 Å². The van der Waals surface area contributed by atoms with E-state index in [-0.39, 0.29) is 5.75 Å². The highest BCUT2D eigenvalue weighted by Crippen LogP contribution is 2.12. The Bertz CT molecular complexity index is 625. The predicted molar refractivity (Wildman–Crippen MR) is 98.3 cm³/mol. The molecule has 0 unspecified atom stereocenters. The minimum absolute atomic E-state index is 0.184. The third-order valence-corrected chi connectivity index (χ3v) is 4.85. The molecule has 1 aromatic rings. The summed E-state index contributed by atoms with van der Waals surface area (Å²) in [6.45, 7) is 6.88. The van der Waals surface area contributed by atoms with Crippen LogP contribution in [0.1, 0.15) is 13.3 Å². The van der Waals surface area contributed by atoms with Crippen LogP contribution in [0.5, 0.6) is 0 Å².